The molecule has 0 spiro atoms. The molecular weight excluding hydrogens is 274 g/mol. The number of nitrogens with zero attached hydrogens (tertiary/aromatic N) is 3. The number of allylic oxidation sites excluding steroid dienone is 1. The van der Waals surface area contributed by atoms with Crippen LogP contribution in [0.25, 0.3) is 11.0 Å². The van der Waals surface area contributed by atoms with E-state index in [2.05, 4.69) is 25.7 Å². The highest BCUT2D eigenvalue weighted by Crippen LogP contribution is 2.22. The number of carbonyl (C=O) groups is 1. The first-order chi connectivity index (χ1) is 9.63. The number of aliphatic imine (C=N–C) groups is 1. The number of amides is 1. The molecule has 0 saturated heterocycles. The van der Waals surface area contributed by atoms with Crippen molar-refractivity contribution < 1.29 is 4.79 Å². The Morgan fingerprint density at radius 1 is 1.30 bits per heavy atom. The van der Waals surface area contributed by atoms with E-state index >= 15 is 0 Å². The second-order valence-corrected chi connectivity index (χ2v) is 5.60. The van der Waals surface area contributed by atoms with Crippen molar-refractivity contribution in [1.29, 1.82) is 0 Å². The standard InChI is InChI=1S/C13H13N5OS/c1-7(2)11-6-20-13(14-11)15-12(19)8-3-4-9-10(5-8)17-18-16-9/h3-5H,6H2,1-2H3,(H,14,15,19)(H,16,17,18). The fraction of sp³-hybridized carbons (Fsp3) is 0.231. The number of rotatable bonds is 1. The lowest BCUT2D eigenvalue weighted by atomic mass is 10.2. The van der Waals surface area contributed by atoms with Crippen molar-refractivity contribution in [3.8, 4) is 0 Å². The Hall–Kier alpha value is -2.15. The summed E-state index contributed by atoms with van der Waals surface area (Å²) in [5.41, 5.74) is 4.15. The highest BCUT2D eigenvalue weighted by Gasteiger charge is 2.17. The normalized spacial score (nSPS) is 14.5. The van der Waals surface area contributed by atoms with Crippen molar-refractivity contribution >= 4 is 33.9 Å². The maximum Gasteiger partial charge on any atom is 0.257 e. The van der Waals surface area contributed by atoms with Crippen molar-refractivity contribution in [1.82, 2.24) is 20.7 Å². The molecular formula is C13H13N5OS. The third kappa shape index (κ3) is 2.44. The van der Waals surface area contributed by atoms with Gasteiger partial charge in [-0.1, -0.05) is 17.3 Å². The van der Waals surface area contributed by atoms with Gasteiger partial charge >= 0.3 is 0 Å². The van der Waals surface area contributed by atoms with Crippen LogP contribution in [0.5, 0.6) is 0 Å². The fourth-order valence-electron chi connectivity index (χ4n) is 1.79. The number of aromatic amines is 1. The lowest BCUT2D eigenvalue weighted by Crippen LogP contribution is -2.27. The van der Waals surface area contributed by atoms with E-state index < -0.39 is 0 Å². The van der Waals surface area contributed by atoms with E-state index in [4.69, 9.17) is 0 Å². The number of fused-ring (bicyclic) bond motifs is 1. The minimum atomic E-state index is -0.184. The highest BCUT2D eigenvalue weighted by molar-refractivity contribution is 8.14. The third-order valence-electron chi connectivity index (χ3n) is 2.96. The quantitative estimate of drug-likeness (QED) is 0.841. The molecule has 0 saturated carbocycles. The van der Waals surface area contributed by atoms with E-state index in [1.807, 2.05) is 13.8 Å². The fourth-order valence-corrected chi connectivity index (χ4v) is 2.76. The zero-order valence-electron chi connectivity index (χ0n) is 11.1. The van der Waals surface area contributed by atoms with Crippen molar-refractivity contribution in [2.24, 2.45) is 4.99 Å². The van der Waals surface area contributed by atoms with E-state index in [-0.39, 0.29) is 5.91 Å². The van der Waals surface area contributed by atoms with Crippen LogP contribution in [0, 0.1) is 0 Å². The zero-order chi connectivity index (χ0) is 14.1. The molecule has 0 bridgehead atoms. The predicted octanol–water partition coefficient (Wildman–Crippen LogP) is 2.08. The van der Waals surface area contributed by atoms with Gasteiger partial charge in [0.1, 0.15) is 11.0 Å². The average Bonchev–Trinajstić information content (AvgIpc) is 3.05. The molecule has 2 aromatic rings. The summed E-state index contributed by atoms with van der Waals surface area (Å²) in [7, 11) is 0. The molecule has 3 rings (SSSR count). The molecule has 0 fully saturated rings. The Morgan fingerprint density at radius 2 is 2.10 bits per heavy atom. The molecule has 0 atom stereocenters. The second-order valence-electron chi connectivity index (χ2n) is 4.63. The van der Waals surface area contributed by atoms with E-state index in [1.165, 1.54) is 17.3 Å². The molecule has 0 aliphatic carbocycles. The first kappa shape index (κ1) is 12.9. The van der Waals surface area contributed by atoms with Crippen molar-refractivity contribution in [3.05, 3.63) is 35.0 Å². The third-order valence-corrected chi connectivity index (χ3v) is 3.84. The Labute approximate surface area is 119 Å². The Kier molecular flexibility index (Phi) is 3.27. The van der Waals surface area contributed by atoms with Crippen LogP contribution >= 0.6 is 11.8 Å². The maximum atomic E-state index is 12.2. The molecule has 0 unspecified atom stereocenters. The van der Waals surface area contributed by atoms with Gasteiger partial charge < -0.3 is 5.32 Å². The number of hydrogen-bond donors (Lipinski definition) is 2. The number of amidine groups is 1. The van der Waals surface area contributed by atoms with Gasteiger partial charge in [0.15, 0.2) is 5.17 Å². The molecule has 1 aromatic heterocycles. The minimum absolute atomic E-state index is 0.184. The van der Waals surface area contributed by atoms with Gasteiger partial charge in [0.05, 0.1) is 5.70 Å². The molecule has 1 amide bonds. The van der Waals surface area contributed by atoms with Crippen LogP contribution in [0.2, 0.25) is 0 Å². The number of hydrogen-bond acceptors (Lipinski definition) is 5. The minimum Gasteiger partial charge on any atom is -0.301 e. The summed E-state index contributed by atoms with van der Waals surface area (Å²) >= 11 is 1.53. The number of nitrogens with one attached hydrogen (secondary N) is 2. The summed E-state index contributed by atoms with van der Waals surface area (Å²) in [5, 5.41) is 13.9. The van der Waals surface area contributed by atoms with Gasteiger partial charge in [-0.15, -0.1) is 0 Å². The first-order valence-electron chi connectivity index (χ1n) is 6.13. The monoisotopic (exact) mass is 287 g/mol. The average molecular weight is 287 g/mol. The molecule has 0 radical (unpaired) electrons. The van der Waals surface area contributed by atoms with Crippen molar-refractivity contribution in [3.63, 3.8) is 0 Å². The van der Waals surface area contributed by atoms with Crippen LogP contribution in [-0.4, -0.2) is 32.2 Å². The molecule has 6 nitrogen and oxygen atoms in total. The molecule has 102 valence electrons. The van der Waals surface area contributed by atoms with Gasteiger partial charge in [0.2, 0.25) is 0 Å². The summed E-state index contributed by atoms with van der Waals surface area (Å²) in [4.78, 5) is 16.6. The van der Waals surface area contributed by atoms with E-state index in [9.17, 15) is 4.79 Å². The van der Waals surface area contributed by atoms with Crippen molar-refractivity contribution in [2.75, 3.05) is 5.75 Å². The topological polar surface area (TPSA) is 83.0 Å². The SMILES string of the molecule is CC(C)=C1CSC(NC(=O)c2ccc3n[nH]nc3c2)=N1. The summed E-state index contributed by atoms with van der Waals surface area (Å²) < 4.78 is 0. The number of benzene rings is 1. The zero-order valence-corrected chi connectivity index (χ0v) is 11.9. The number of thioether (sulfide) groups is 1. The van der Waals surface area contributed by atoms with Crippen LogP contribution < -0.4 is 5.32 Å². The Balaban J connectivity index is 1.80. The lowest BCUT2D eigenvalue weighted by molar-refractivity contribution is 0.0978. The molecule has 2 N–H and O–H groups in total. The summed E-state index contributed by atoms with van der Waals surface area (Å²) in [5.74, 6) is 0.622. The molecule has 7 heteroatoms. The Bertz CT molecular complexity index is 742. The Morgan fingerprint density at radius 3 is 2.85 bits per heavy atom. The molecule has 2 heterocycles. The maximum absolute atomic E-state index is 12.2. The van der Waals surface area contributed by atoms with Gasteiger partial charge in [0.25, 0.3) is 5.91 Å². The number of carbonyl (C=O) groups excluding carboxylic acids is 1. The molecule has 1 aliphatic rings. The van der Waals surface area contributed by atoms with Crippen LogP contribution in [0.4, 0.5) is 0 Å². The lowest BCUT2D eigenvalue weighted by Gasteiger charge is -2.02. The first-order valence-corrected chi connectivity index (χ1v) is 7.12. The van der Waals surface area contributed by atoms with Crippen LogP contribution in [0.1, 0.15) is 24.2 Å². The van der Waals surface area contributed by atoms with Crippen LogP contribution in [0.15, 0.2) is 34.5 Å². The van der Waals surface area contributed by atoms with Gasteiger partial charge in [-0.05, 0) is 32.0 Å². The number of H-pyrrole nitrogens is 1. The van der Waals surface area contributed by atoms with E-state index in [0.717, 1.165) is 17.0 Å². The highest BCUT2D eigenvalue weighted by atomic mass is 32.2. The summed E-state index contributed by atoms with van der Waals surface area (Å²) in [6, 6.07) is 5.19. The predicted molar refractivity (Wildman–Crippen MR) is 79.6 cm³/mol. The van der Waals surface area contributed by atoms with Crippen LogP contribution in [-0.2, 0) is 0 Å². The summed E-state index contributed by atoms with van der Waals surface area (Å²) in [6.07, 6.45) is 0. The van der Waals surface area contributed by atoms with Gasteiger partial charge in [0, 0.05) is 11.3 Å². The van der Waals surface area contributed by atoms with E-state index in [1.54, 1.807) is 18.2 Å². The molecule has 1 aliphatic heterocycles. The molecule has 20 heavy (non-hydrogen) atoms. The van der Waals surface area contributed by atoms with Gasteiger partial charge in [-0.25, -0.2) is 4.99 Å². The smallest absolute Gasteiger partial charge is 0.257 e. The molecule has 1 aromatic carbocycles. The van der Waals surface area contributed by atoms with Gasteiger partial charge in [-0.2, -0.15) is 15.4 Å². The largest absolute Gasteiger partial charge is 0.301 e. The second kappa shape index (κ2) is 5.09. The number of aromatic nitrogens is 3. The van der Waals surface area contributed by atoms with Crippen LogP contribution in [0.3, 0.4) is 0 Å². The van der Waals surface area contributed by atoms with Crippen molar-refractivity contribution in [2.45, 2.75) is 13.8 Å². The van der Waals surface area contributed by atoms with E-state index in [0.29, 0.717) is 16.2 Å². The van der Waals surface area contributed by atoms with Gasteiger partial charge in [-0.3, -0.25) is 4.79 Å². The summed E-state index contributed by atoms with van der Waals surface area (Å²) in [6.45, 7) is 4.03.